The summed E-state index contributed by atoms with van der Waals surface area (Å²) in [5.74, 6) is -1.72. The van der Waals surface area contributed by atoms with Gasteiger partial charge < -0.3 is 10.4 Å². The van der Waals surface area contributed by atoms with Gasteiger partial charge in [0.15, 0.2) is 5.54 Å². The summed E-state index contributed by atoms with van der Waals surface area (Å²) in [5.41, 5.74) is -0.998. The summed E-state index contributed by atoms with van der Waals surface area (Å²) < 4.78 is 13.8. The van der Waals surface area contributed by atoms with Gasteiger partial charge >= 0.3 is 5.97 Å². The maximum absolute atomic E-state index is 13.8. The molecular weight excluding hydrogens is 281 g/mol. The van der Waals surface area contributed by atoms with Crippen molar-refractivity contribution in [3.05, 3.63) is 64.9 Å². The standard InChI is InChI=1S/C15H13ClFNO2/c1-15(14(19)20,10-6-3-2-4-7-10)18-13-11(16)8-5-9-12(13)17/h2-9,18H,1H3,(H,19,20). The van der Waals surface area contributed by atoms with Crippen molar-refractivity contribution in [2.45, 2.75) is 12.5 Å². The number of hydrogen-bond donors (Lipinski definition) is 2. The molecule has 0 bridgehead atoms. The summed E-state index contributed by atoms with van der Waals surface area (Å²) in [6.07, 6.45) is 0. The highest BCUT2D eigenvalue weighted by Crippen LogP contribution is 2.32. The first kappa shape index (κ1) is 14.3. The molecule has 0 saturated heterocycles. The first-order chi connectivity index (χ1) is 9.45. The fourth-order valence-corrected chi connectivity index (χ4v) is 2.10. The van der Waals surface area contributed by atoms with Gasteiger partial charge in [-0.25, -0.2) is 9.18 Å². The minimum atomic E-state index is -1.48. The number of para-hydroxylation sites is 1. The minimum Gasteiger partial charge on any atom is -0.479 e. The number of rotatable bonds is 4. The van der Waals surface area contributed by atoms with Crippen LogP contribution in [0.25, 0.3) is 0 Å². The van der Waals surface area contributed by atoms with Crippen LogP contribution in [-0.2, 0) is 10.3 Å². The van der Waals surface area contributed by atoms with Crippen molar-refractivity contribution in [3.8, 4) is 0 Å². The van der Waals surface area contributed by atoms with E-state index in [1.54, 1.807) is 30.3 Å². The van der Waals surface area contributed by atoms with Crippen LogP contribution in [0.3, 0.4) is 0 Å². The average Bonchev–Trinajstić information content (AvgIpc) is 2.43. The molecule has 0 aliphatic heterocycles. The Morgan fingerprint density at radius 3 is 2.40 bits per heavy atom. The second-order valence-corrected chi connectivity index (χ2v) is 4.93. The molecule has 0 saturated carbocycles. The SMILES string of the molecule is CC(Nc1c(F)cccc1Cl)(C(=O)O)c1ccccc1. The van der Waals surface area contributed by atoms with E-state index in [2.05, 4.69) is 5.32 Å². The number of carboxylic acids is 1. The topological polar surface area (TPSA) is 49.3 Å². The summed E-state index contributed by atoms with van der Waals surface area (Å²) in [6, 6.07) is 12.7. The van der Waals surface area contributed by atoms with Crippen molar-refractivity contribution in [1.29, 1.82) is 0 Å². The number of nitrogens with one attached hydrogen (secondary N) is 1. The molecule has 20 heavy (non-hydrogen) atoms. The second-order valence-electron chi connectivity index (χ2n) is 4.52. The molecular formula is C15H13ClFNO2. The van der Waals surface area contributed by atoms with Gasteiger partial charge in [0.2, 0.25) is 0 Å². The van der Waals surface area contributed by atoms with Crippen LogP contribution in [0.1, 0.15) is 12.5 Å². The minimum absolute atomic E-state index is 0.0251. The van der Waals surface area contributed by atoms with Crippen LogP contribution in [0.5, 0.6) is 0 Å². The van der Waals surface area contributed by atoms with E-state index in [9.17, 15) is 14.3 Å². The zero-order valence-electron chi connectivity index (χ0n) is 10.7. The van der Waals surface area contributed by atoms with Crippen molar-refractivity contribution in [2.75, 3.05) is 5.32 Å². The quantitative estimate of drug-likeness (QED) is 0.899. The lowest BCUT2D eigenvalue weighted by atomic mass is 9.91. The maximum Gasteiger partial charge on any atom is 0.333 e. The smallest absolute Gasteiger partial charge is 0.333 e. The highest BCUT2D eigenvalue weighted by atomic mass is 35.5. The van der Waals surface area contributed by atoms with Crippen molar-refractivity contribution in [1.82, 2.24) is 0 Å². The molecule has 0 spiro atoms. The number of halogens is 2. The lowest BCUT2D eigenvalue weighted by Crippen LogP contribution is -2.40. The van der Waals surface area contributed by atoms with Gasteiger partial charge in [-0.1, -0.05) is 48.0 Å². The van der Waals surface area contributed by atoms with Gasteiger partial charge in [0.05, 0.1) is 10.7 Å². The van der Waals surface area contributed by atoms with Crippen molar-refractivity contribution in [3.63, 3.8) is 0 Å². The van der Waals surface area contributed by atoms with Crippen molar-refractivity contribution >= 4 is 23.3 Å². The van der Waals surface area contributed by atoms with E-state index in [0.717, 1.165) is 0 Å². The second kappa shape index (κ2) is 5.51. The highest BCUT2D eigenvalue weighted by Gasteiger charge is 2.36. The fraction of sp³-hybridized carbons (Fsp3) is 0.133. The Balaban J connectivity index is 2.48. The predicted molar refractivity (Wildman–Crippen MR) is 76.5 cm³/mol. The molecule has 0 heterocycles. The Hall–Kier alpha value is -2.07. The van der Waals surface area contributed by atoms with E-state index >= 15 is 0 Å². The largest absolute Gasteiger partial charge is 0.479 e. The van der Waals surface area contributed by atoms with Crippen molar-refractivity contribution in [2.24, 2.45) is 0 Å². The molecule has 0 radical (unpaired) electrons. The van der Waals surface area contributed by atoms with Gasteiger partial charge in [0.25, 0.3) is 0 Å². The van der Waals surface area contributed by atoms with Gasteiger partial charge in [-0.05, 0) is 24.6 Å². The molecule has 2 rings (SSSR count). The molecule has 104 valence electrons. The van der Waals surface area contributed by atoms with E-state index in [0.29, 0.717) is 5.56 Å². The van der Waals surface area contributed by atoms with Crippen LogP contribution in [0.2, 0.25) is 5.02 Å². The Labute approximate surface area is 121 Å². The number of carboxylic acid groups (broad SMARTS) is 1. The van der Waals surface area contributed by atoms with E-state index in [-0.39, 0.29) is 10.7 Å². The lowest BCUT2D eigenvalue weighted by molar-refractivity contribution is -0.142. The summed E-state index contributed by atoms with van der Waals surface area (Å²) in [5, 5.41) is 12.3. The first-order valence-electron chi connectivity index (χ1n) is 5.96. The Morgan fingerprint density at radius 2 is 1.85 bits per heavy atom. The molecule has 0 aliphatic rings. The molecule has 0 aromatic heterocycles. The zero-order chi connectivity index (χ0) is 14.8. The predicted octanol–water partition coefficient (Wildman–Crippen LogP) is 3.89. The Morgan fingerprint density at radius 1 is 1.20 bits per heavy atom. The summed E-state index contributed by atoms with van der Waals surface area (Å²) >= 11 is 5.93. The molecule has 2 aromatic rings. The van der Waals surface area contributed by atoms with Crippen molar-refractivity contribution < 1.29 is 14.3 Å². The van der Waals surface area contributed by atoms with Crippen LogP contribution in [0.15, 0.2) is 48.5 Å². The van der Waals surface area contributed by atoms with E-state index < -0.39 is 17.3 Å². The van der Waals surface area contributed by atoms with Crippen LogP contribution in [-0.4, -0.2) is 11.1 Å². The van der Waals surface area contributed by atoms with Gasteiger partial charge in [-0.15, -0.1) is 0 Å². The summed E-state index contributed by atoms with van der Waals surface area (Å²) in [6.45, 7) is 1.47. The van der Waals surface area contributed by atoms with E-state index in [1.165, 1.54) is 25.1 Å². The third-order valence-corrected chi connectivity index (χ3v) is 3.43. The average molecular weight is 294 g/mol. The third kappa shape index (κ3) is 2.60. The summed E-state index contributed by atoms with van der Waals surface area (Å²) in [7, 11) is 0. The number of anilines is 1. The maximum atomic E-state index is 13.8. The third-order valence-electron chi connectivity index (χ3n) is 3.12. The van der Waals surface area contributed by atoms with Gasteiger partial charge in [0.1, 0.15) is 5.82 Å². The van der Waals surface area contributed by atoms with Crippen LogP contribution in [0, 0.1) is 5.82 Å². The highest BCUT2D eigenvalue weighted by molar-refractivity contribution is 6.33. The number of hydrogen-bond acceptors (Lipinski definition) is 2. The first-order valence-corrected chi connectivity index (χ1v) is 6.34. The molecule has 0 aliphatic carbocycles. The number of carbonyl (C=O) groups is 1. The zero-order valence-corrected chi connectivity index (χ0v) is 11.5. The molecule has 2 aromatic carbocycles. The summed E-state index contributed by atoms with van der Waals surface area (Å²) in [4.78, 5) is 11.6. The number of benzene rings is 2. The Kier molecular flexibility index (Phi) is 3.95. The molecule has 1 unspecified atom stereocenters. The molecule has 0 fully saturated rings. The van der Waals surface area contributed by atoms with E-state index in [1.807, 2.05) is 0 Å². The van der Waals surface area contributed by atoms with Gasteiger partial charge in [-0.3, -0.25) is 0 Å². The van der Waals surface area contributed by atoms with Gasteiger partial charge in [0, 0.05) is 0 Å². The number of aliphatic carboxylic acids is 1. The lowest BCUT2D eigenvalue weighted by Gasteiger charge is -2.28. The molecule has 0 amide bonds. The van der Waals surface area contributed by atoms with Crippen LogP contribution >= 0.6 is 11.6 Å². The Bertz CT molecular complexity index is 613. The van der Waals surface area contributed by atoms with Crippen LogP contribution < -0.4 is 5.32 Å². The van der Waals surface area contributed by atoms with Crippen LogP contribution in [0.4, 0.5) is 10.1 Å². The van der Waals surface area contributed by atoms with Gasteiger partial charge in [-0.2, -0.15) is 0 Å². The monoisotopic (exact) mass is 293 g/mol. The fourth-order valence-electron chi connectivity index (χ4n) is 1.89. The van der Waals surface area contributed by atoms with E-state index in [4.69, 9.17) is 11.6 Å². The molecule has 3 nitrogen and oxygen atoms in total. The molecule has 5 heteroatoms. The normalized spacial score (nSPS) is 13.6. The molecule has 2 N–H and O–H groups in total. The molecule has 1 atom stereocenters.